The normalized spacial score (nSPS) is 14.4. The fourth-order valence-corrected chi connectivity index (χ4v) is 2.53. The molecule has 1 rings (SSSR count). The van der Waals surface area contributed by atoms with Gasteiger partial charge in [-0.25, -0.2) is 8.78 Å². The van der Waals surface area contributed by atoms with E-state index in [0.29, 0.717) is 17.6 Å². The molecule has 0 amide bonds. The Kier molecular flexibility index (Phi) is 6.89. The van der Waals surface area contributed by atoms with Crippen molar-refractivity contribution in [3.05, 3.63) is 33.8 Å². The van der Waals surface area contributed by atoms with E-state index in [-0.39, 0.29) is 17.5 Å². The number of hydrogen-bond acceptors (Lipinski definition) is 2. The molecule has 19 heavy (non-hydrogen) atoms. The molecule has 0 aromatic heterocycles. The van der Waals surface area contributed by atoms with E-state index >= 15 is 0 Å². The van der Waals surface area contributed by atoms with E-state index in [4.69, 9.17) is 4.74 Å². The molecule has 0 saturated carbocycles. The first-order chi connectivity index (χ1) is 9.01. The van der Waals surface area contributed by atoms with Gasteiger partial charge in [0, 0.05) is 29.8 Å². The van der Waals surface area contributed by atoms with Crippen LogP contribution in [-0.4, -0.2) is 20.3 Å². The van der Waals surface area contributed by atoms with E-state index in [1.54, 1.807) is 7.11 Å². The molecule has 2 nitrogen and oxygen atoms in total. The summed E-state index contributed by atoms with van der Waals surface area (Å²) in [6, 6.07) is 2.24. The minimum absolute atomic E-state index is 0.0741. The molecule has 0 aliphatic rings. The summed E-state index contributed by atoms with van der Waals surface area (Å²) in [6.45, 7) is 5.11. The summed E-state index contributed by atoms with van der Waals surface area (Å²) >= 11 is 3.09. The maximum absolute atomic E-state index is 14.0. The molecule has 0 spiro atoms. The lowest BCUT2D eigenvalue weighted by Crippen LogP contribution is -2.29. The van der Waals surface area contributed by atoms with Gasteiger partial charge in [-0.15, -0.1) is 0 Å². The van der Waals surface area contributed by atoms with Crippen LogP contribution in [0.1, 0.15) is 31.9 Å². The minimum Gasteiger partial charge on any atom is -0.385 e. The molecule has 0 heterocycles. The lowest BCUT2D eigenvalue weighted by Gasteiger charge is -2.26. The highest BCUT2D eigenvalue weighted by Gasteiger charge is 2.25. The predicted octanol–water partition coefficient (Wildman–Crippen LogP) is 4.05. The molecular formula is C14H20BrF2NO. The number of halogens is 3. The topological polar surface area (TPSA) is 21.3 Å². The molecule has 0 aliphatic carbocycles. The van der Waals surface area contributed by atoms with Crippen molar-refractivity contribution < 1.29 is 13.5 Å². The summed E-state index contributed by atoms with van der Waals surface area (Å²) in [6.07, 6.45) is 0.739. The molecule has 0 fully saturated rings. The monoisotopic (exact) mass is 335 g/mol. The molecule has 0 aliphatic heterocycles. The average Bonchev–Trinajstić information content (AvgIpc) is 2.33. The van der Waals surface area contributed by atoms with Gasteiger partial charge in [0.1, 0.15) is 11.6 Å². The van der Waals surface area contributed by atoms with Gasteiger partial charge in [-0.1, -0.05) is 29.8 Å². The largest absolute Gasteiger partial charge is 0.385 e. The van der Waals surface area contributed by atoms with Crippen LogP contribution in [-0.2, 0) is 4.74 Å². The Morgan fingerprint density at radius 1 is 1.32 bits per heavy atom. The van der Waals surface area contributed by atoms with E-state index in [0.717, 1.165) is 6.42 Å². The molecule has 1 N–H and O–H groups in total. The second-order valence-corrected chi connectivity index (χ2v) is 5.49. The summed E-state index contributed by atoms with van der Waals surface area (Å²) in [7, 11) is 1.62. The first-order valence-corrected chi connectivity index (χ1v) is 7.17. The smallest absolute Gasteiger partial charge is 0.132 e. The predicted molar refractivity (Wildman–Crippen MR) is 76.1 cm³/mol. The maximum Gasteiger partial charge on any atom is 0.132 e. The first-order valence-electron chi connectivity index (χ1n) is 6.38. The van der Waals surface area contributed by atoms with Crippen molar-refractivity contribution >= 4 is 15.9 Å². The molecule has 108 valence electrons. The van der Waals surface area contributed by atoms with E-state index in [9.17, 15) is 8.78 Å². The zero-order chi connectivity index (χ0) is 14.4. The Morgan fingerprint density at radius 2 is 1.89 bits per heavy atom. The highest BCUT2D eigenvalue weighted by molar-refractivity contribution is 9.10. The van der Waals surface area contributed by atoms with Crippen LogP contribution >= 0.6 is 15.9 Å². The molecule has 2 atom stereocenters. The SMILES string of the molecule is CCNC(c1c(F)cc(Br)cc1F)C(C)CCOC. The quantitative estimate of drug-likeness (QED) is 0.811. The van der Waals surface area contributed by atoms with Gasteiger partial charge in [0.25, 0.3) is 0 Å². The Hall–Kier alpha value is -0.520. The van der Waals surface area contributed by atoms with Crippen molar-refractivity contribution in [3.63, 3.8) is 0 Å². The highest BCUT2D eigenvalue weighted by atomic mass is 79.9. The Bertz CT molecular complexity index is 391. The second-order valence-electron chi connectivity index (χ2n) is 4.58. The lowest BCUT2D eigenvalue weighted by molar-refractivity contribution is 0.169. The van der Waals surface area contributed by atoms with Gasteiger partial charge in [-0.2, -0.15) is 0 Å². The van der Waals surface area contributed by atoms with E-state index < -0.39 is 11.6 Å². The van der Waals surface area contributed by atoms with E-state index in [2.05, 4.69) is 21.2 Å². The van der Waals surface area contributed by atoms with Gasteiger partial charge >= 0.3 is 0 Å². The van der Waals surface area contributed by atoms with E-state index in [1.807, 2.05) is 13.8 Å². The summed E-state index contributed by atoms with van der Waals surface area (Å²) in [5, 5.41) is 3.16. The molecule has 1 aromatic carbocycles. The average molecular weight is 336 g/mol. The fraction of sp³-hybridized carbons (Fsp3) is 0.571. The molecule has 0 saturated heterocycles. The van der Waals surface area contributed by atoms with Crippen LogP contribution in [0.5, 0.6) is 0 Å². The third kappa shape index (κ3) is 4.51. The molecule has 2 unspecified atom stereocenters. The van der Waals surface area contributed by atoms with Crippen LogP contribution < -0.4 is 5.32 Å². The van der Waals surface area contributed by atoms with Crippen LogP contribution in [0.2, 0.25) is 0 Å². The minimum atomic E-state index is -0.526. The van der Waals surface area contributed by atoms with Crippen molar-refractivity contribution in [3.8, 4) is 0 Å². The summed E-state index contributed by atoms with van der Waals surface area (Å²) in [5.74, 6) is -0.978. The van der Waals surface area contributed by atoms with Crippen molar-refractivity contribution in [2.24, 2.45) is 5.92 Å². The van der Waals surface area contributed by atoms with Gasteiger partial charge < -0.3 is 10.1 Å². The molecule has 0 bridgehead atoms. The van der Waals surface area contributed by atoms with Crippen LogP contribution in [0.15, 0.2) is 16.6 Å². The zero-order valence-electron chi connectivity index (χ0n) is 11.5. The fourth-order valence-electron chi connectivity index (χ4n) is 2.13. The molecule has 5 heteroatoms. The van der Waals surface area contributed by atoms with Crippen molar-refractivity contribution in [1.82, 2.24) is 5.32 Å². The van der Waals surface area contributed by atoms with Gasteiger partial charge in [0.05, 0.1) is 0 Å². The number of methoxy groups -OCH3 is 1. The van der Waals surface area contributed by atoms with Crippen molar-refractivity contribution in [2.45, 2.75) is 26.3 Å². The van der Waals surface area contributed by atoms with Crippen LogP contribution in [0, 0.1) is 17.6 Å². The number of nitrogens with one attached hydrogen (secondary N) is 1. The molecule has 1 aromatic rings. The summed E-state index contributed by atoms with van der Waals surface area (Å²) in [5.41, 5.74) is 0.105. The highest BCUT2D eigenvalue weighted by Crippen LogP contribution is 2.30. The van der Waals surface area contributed by atoms with E-state index in [1.165, 1.54) is 12.1 Å². The van der Waals surface area contributed by atoms with Crippen molar-refractivity contribution in [1.29, 1.82) is 0 Å². The number of benzene rings is 1. The summed E-state index contributed by atoms with van der Waals surface area (Å²) in [4.78, 5) is 0. The second kappa shape index (κ2) is 7.92. The molecule has 0 radical (unpaired) electrons. The lowest BCUT2D eigenvalue weighted by atomic mass is 9.91. The Labute approximate surface area is 121 Å². The standard InChI is InChI=1S/C14H20BrF2NO/c1-4-18-14(9(2)5-6-19-3)13-11(16)7-10(15)8-12(13)17/h7-9,14,18H,4-6H2,1-3H3. The maximum atomic E-state index is 14.0. The Balaban J connectivity index is 3.04. The molecular weight excluding hydrogens is 316 g/mol. The van der Waals surface area contributed by atoms with Gasteiger partial charge in [0.15, 0.2) is 0 Å². The Morgan fingerprint density at radius 3 is 2.37 bits per heavy atom. The zero-order valence-corrected chi connectivity index (χ0v) is 13.1. The number of rotatable bonds is 7. The third-order valence-corrected chi connectivity index (χ3v) is 3.58. The number of ether oxygens (including phenoxy) is 1. The van der Waals surface area contributed by atoms with Gasteiger partial charge in [-0.3, -0.25) is 0 Å². The van der Waals surface area contributed by atoms with Gasteiger partial charge in [0.2, 0.25) is 0 Å². The van der Waals surface area contributed by atoms with Crippen LogP contribution in [0.4, 0.5) is 8.78 Å². The van der Waals surface area contributed by atoms with Gasteiger partial charge in [-0.05, 0) is 31.0 Å². The third-order valence-electron chi connectivity index (χ3n) is 3.13. The van der Waals surface area contributed by atoms with Crippen LogP contribution in [0.3, 0.4) is 0 Å². The summed E-state index contributed by atoms with van der Waals surface area (Å²) < 4.78 is 33.5. The van der Waals surface area contributed by atoms with Crippen molar-refractivity contribution in [2.75, 3.05) is 20.3 Å². The first kappa shape index (κ1) is 16.5. The van der Waals surface area contributed by atoms with Crippen LogP contribution in [0.25, 0.3) is 0 Å². The number of hydrogen-bond donors (Lipinski definition) is 1.